The maximum absolute atomic E-state index is 12.2. The summed E-state index contributed by atoms with van der Waals surface area (Å²) in [5, 5.41) is 2.95. The highest BCUT2D eigenvalue weighted by atomic mass is 16.1. The lowest BCUT2D eigenvalue weighted by atomic mass is 10.0. The van der Waals surface area contributed by atoms with Crippen LogP contribution in [0.5, 0.6) is 0 Å². The topological polar surface area (TPSA) is 29.1 Å². The van der Waals surface area contributed by atoms with Crippen molar-refractivity contribution in [3.05, 3.63) is 65.7 Å². The van der Waals surface area contributed by atoms with Crippen LogP contribution >= 0.6 is 0 Å². The average Bonchev–Trinajstić information content (AvgIpc) is 2.48. The van der Waals surface area contributed by atoms with Crippen molar-refractivity contribution in [1.29, 1.82) is 0 Å². The molecule has 0 aromatic heterocycles. The van der Waals surface area contributed by atoms with Crippen molar-refractivity contribution in [3.8, 4) is 0 Å². The van der Waals surface area contributed by atoms with Gasteiger partial charge in [0.25, 0.3) is 0 Å². The van der Waals surface area contributed by atoms with Gasteiger partial charge in [0.1, 0.15) is 0 Å². The first-order valence-corrected chi connectivity index (χ1v) is 6.65. The summed E-state index contributed by atoms with van der Waals surface area (Å²) in [6.45, 7) is 4.04. The van der Waals surface area contributed by atoms with Gasteiger partial charge in [-0.3, -0.25) is 4.79 Å². The minimum absolute atomic E-state index is 0.0236. The average molecular weight is 253 g/mol. The molecule has 2 nitrogen and oxygen atoms in total. The standard InChI is InChI=1S/C17H19NO/c1-3-14-9-11-16(12-10-14)18-17(19)13(2)15-7-5-4-6-8-15/h4-13H,3H2,1-2H3,(H,18,19)/t13-/m0/s1. The first-order chi connectivity index (χ1) is 9.20. The summed E-state index contributed by atoms with van der Waals surface area (Å²) in [5.41, 5.74) is 3.16. The molecule has 0 aliphatic carbocycles. The Bertz CT molecular complexity index is 531. The zero-order valence-electron chi connectivity index (χ0n) is 11.4. The number of amides is 1. The molecule has 1 atom stereocenters. The van der Waals surface area contributed by atoms with Crippen molar-refractivity contribution in [2.24, 2.45) is 0 Å². The second-order valence-electron chi connectivity index (χ2n) is 4.67. The molecule has 1 N–H and O–H groups in total. The Labute approximate surface area is 114 Å². The first-order valence-electron chi connectivity index (χ1n) is 6.65. The summed E-state index contributed by atoms with van der Waals surface area (Å²) in [7, 11) is 0. The predicted octanol–water partition coefficient (Wildman–Crippen LogP) is 3.99. The van der Waals surface area contributed by atoms with Crippen LogP contribution in [-0.4, -0.2) is 5.91 Å². The van der Waals surface area contributed by atoms with Gasteiger partial charge >= 0.3 is 0 Å². The predicted molar refractivity (Wildman–Crippen MR) is 79.3 cm³/mol. The smallest absolute Gasteiger partial charge is 0.231 e. The van der Waals surface area contributed by atoms with E-state index in [0.717, 1.165) is 17.7 Å². The van der Waals surface area contributed by atoms with E-state index in [1.165, 1.54) is 5.56 Å². The number of carbonyl (C=O) groups is 1. The van der Waals surface area contributed by atoms with Gasteiger partial charge in [-0.15, -0.1) is 0 Å². The van der Waals surface area contributed by atoms with Crippen LogP contribution in [-0.2, 0) is 11.2 Å². The Hall–Kier alpha value is -2.09. The molecular weight excluding hydrogens is 234 g/mol. The van der Waals surface area contributed by atoms with E-state index in [1.54, 1.807) is 0 Å². The van der Waals surface area contributed by atoms with Gasteiger partial charge in [0.2, 0.25) is 5.91 Å². The molecule has 0 unspecified atom stereocenters. The molecule has 0 aliphatic rings. The molecule has 0 aliphatic heterocycles. The van der Waals surface area contributed by atoms with Crippen LogP contribution in [0.25, 0.3) is 0 Å². The summed E-state index contributed by atoms with van der Waals surface area (Å²) in [6.07, 6.45) is 1.01. The van der Waals surface area contributed by atoms with Crippen LogP contribution < -0.4 is 5.32 Å². The first kappa shape index (κ1) is 13.3. The summed E-state index contributed by atoms with van der Waals surface area (Å²) >= 11 is 0. The van der Waals surface area contributed by atoms with Gasteiger partial charge in [0, 0.05) is 5.69 Å². The number of nitrogens with one attached hydrogen (secondary N) is 1. The SMILES string of the molecule is CCc1ccc(NC(=O)[C@@H](C)c2ccccc2)cc1. The molecular formula is C17H19NO. The van der Waals surface area contributed by atoms with Crippen molar-refractivity contribution >= 4 is 11.6 Å². The van der Waals surface area contributed by atoms with E-state index in [9.17, 15) is 4.79 Å². The molecule has 0 bridgehead atoms. The van der Waals surface area contributed by atoms with Crippen LogP contribution in [0.15, 0.2) is 54.6 Å². The van der Waals surface area contributed by atoms with Crippen LogP contribution in [0.2, 0.25) is 0 Å². The molecule has 0 saturated carbocycles. The van der Waals surface area contributed by atoms with Gasteiger partial charge in [-0.25, -0.2) is 0 Å². The molecule has 2 heteroatoms. The number of anilines is 1. The Morgan fingerprint density at radius 3 is 2.26 bits per heavy atom. The van der Waals surface area contributed by atoms with E-state index in [2.05, 4.69) is 12.2 Å². The summed E-state index contributed by atoms with van der Waals surface area (Å²) in [5.74, 6) is -0.123. The Morgan fingerprint density at radius 2 is 1.68 bits per heavy atom. The number of hydrogen-bond donors (Lipinski definition) is 1. The molecule has 0 heterocycles. The quantitative estimate of drug-likeness (QED) is 0.877. The summed E-state index contributed by atoms with van der Waals surface area (Å²) < 4.78 is 0. The highest BCUT2D eigenvalue weighted by Crippen LogP contribution is 2.18. The van der Waals surface area contributed by atoms with Crippen molar-refractivity contribution in [2.75, 3.05) is 5.32 Å². The molecule has 1 amide bonds. The zero-order chi connectivity index (χ0) is 13.7. The van der Waals surface area contributed by atoms with Gasteiger partial charge in [-0.1, -0.05) is 49.4 Å². The molecule has 98 valence electrons. The maximum atomic E-state index is 12.2. The third-order valence-electron chi connectivity index (χ3n) is 3.32. The largest absolute Gasteiger partial charge is 0.326 e. The second kappa shape index (κ2) is 6.19. The summed E-state index contributed by atoms with van der Waals surface area (Å²) in [4.78, 5) is 12.2. The fraction of sp³-hybridized carbons (Fsp3) is 0.235. The van der Waals surface area contributed by atoms with Gasteiger partial charge in [0.15, 0.2) is 0 Å². The monoisotopic (exact) mass is 253 g/mol. The fourth-order valence-corrected chi connectivity index (χ4v) is 1.97. The van der Waals surface area contributed by atoms with Crippen molar-refractivity contribution < 1.29 is 4.79 Å². The zero-order valence-corrected chi connectivity index (χ0v) is 11.4. The number of hydrogen-bond acceptors (Lipinski definition) is 1. The van der Waals surface area contributed by atoms with Gasteiger partial charge in [-0.2, -0.15) is 0 Å². The molecule has 2 aromatic rings. The third-order valence-corrected chi connectivity index (χ3v) is 3.32. The van der Waals surface area contributed by atoms with E-state index in [4.69, 9.17) is 0 Å². The lowest BCUT2D eigenvalue weighted by Crippen LogP contribution is -2.18. The number of benzene rings is 2. The number of aryl methyl sites for hydroxylation is 1. The van der Waals surface area contributed by atoms with Crippen LogP contribution in [0.3, 0.4) is 0 Å². The summed E-state index contributed by atoms with van der Waals surface area (Å²) in [6, 6.07) is 17.8. The fourth-order valence-electron chi connectivity index (χ4n) is 1.97. The third kappa shape index (κ3) is 3.44. The van der Waals surface area contributed by atoms with Gasteiger partial charge in [-0.05, 0) is 36.6 Å². The van der Waals surface area contributed by atoms with Crippen LogP contribution in [0.1, 0.15) is 30.9 Å². The van der Waals surface area contributed by atoms with Gasteiger partial charge < -0.3 is 5.32 Å². The Morgan fingerprint density at radius 1 is 1.05 bits per heavy atom. The van der Waals surface area contributed by atoms with E-state index in [-0.39, 0.29) is 11.8 Å². The van der Waals surface area contributed by atoms with Crippen LogP contribution in [0, 0.1) is 0 Å². The normalized spacial score (nSPS) is 11.9. The number of rotatable bonds is 4. The lowest BCUT2D eigenvalue weighted by molar-refractivity contribution is -0.117. The van der Waals surface area contributed by atoms with E-state index < -0.39 is 0 Å². The lowest BCUT2D eigenvalue weighted by Gasteiger charge is -2.12. The van der Waals surface area contributed by atoms with E-state index in [1.807, 2.05) is 61.5 Å². The van der Waals surface area contributed by atoms with E-state index >= 15 is 0 Å². The van der Waals surface area contributed by atoms with Crippen molar-refractivity contribution in [2.45, 2.75) is 26.2 Å². The van der Waals surface area contributed by atoms with Crippen molar-refractivity contribution in [1.82, 2.24) is 0 Å². The highest BCUT2D eigenvalue weighted by molar-refractivity contribution is 5.95. The minimum Gasteiger partial charge on any atom is -0.326 e. The second-order valence-corrected chi connectivity index (χ2v) is 4.67. The molecule has 2 aromatic carbocycles. The molecule has 19 heavy (non-hydrogen) atoms. The Kier molecular flexibility index (Phi) is 4.35. The molecule has 0 saturated heterocycles. The van der Waals surface area contributed by atoms with Crippen LogP contribution in [0.4, 0.5) is 5.69 Å². The molecule has 0 fully saturated rings. The molecule has 0 radical (unpaired) electrons. The highest BCUT2D eigenvalue weighted by Gasteiger charge is 2.14. The number of carbonyl (C=O) groups excluding carboxylic acids is 1. The molecule has 2 rings (SSSR count). The Balaban J connectivity index is 2.04. The minimum atomic E-state index is -0.146. The maximum Gasteiger partial charge on any atom is 0.231 e. The molecule has 0 spiro atoms. The van der Waals surface area contributed by atoms with E-state index in [0.29, 0.717) is 0 Å². The van der Waals surface area contributed by atoms with Crippen molar-refractivity contribution in [3.63, 3.8) is 0 Å². The van der Waals surface area contributed by atoms with Gasteiger partial charge in [0.05, 0.1) is 5.92 Å².